The van der Waals surface area contributed by atoms with Crippen molar-refractivity contribution in [2.24, 2.45) is 0 Å². The number of aromatic amines is 1. The molecule has 20 heavy (non-hydrogen) atoms. The van der Waals surface area contributed by atoms with Crippen molar-refractivity contribution >= 4 is 16.9 Å². The zero-order valence-electron chi connectivity index (χ0n) is 11.4. The number of aryl methyl sites for hydroxylation is 1. The molecule has 3 nitrogen and oxygen atoms in total. The van der Waals surface area contributed by atoms with Gasteiger partial charge in [-0.2, -0.15) is 0 Å². The molecular formula is C17H15NO2. The smallest absolute Gasteiger partial charge is 0.337 e. The van der Waals surface area contributed by atoms with Crippen LogP contribution in [-0.4, -0.2) is 18.1 Å². The number of hydrogen-bond acceptors (Lipinski definition) is 2. The molecule has 0 aliphatic carbocycles. The van der Waals surface area contributed by atoms with Crippen molar-refractivity contribution in [1.82, 2.24) is 4.98 Å². The van der Waals surface area contributed by atoms with E-state index in [1.165, 1.54) is 7.11 Å². The van der Waals surface area contributed by atoms with Gasteiger partial charge in [-0.3, -0.25) is 0 Å². The number of hydrogen-bond donors (Lipinski definition) is 1. The first-order valence-electron chi connectivity index (χ1n) is 6.47. The quantitative estimate of drug-likeness (QED) is 0.713. The minimum absolute atomic E-state index is 0.311. The van der Waals surface area contributed by atoms with E-state index in [0.29, 0.717) is 5.56 Å². The van der Waals surface area contributed by atoms with E-state index >= 15 is 0 Å². The fourth-order valence-corrected chi connectivity index (χ4v) is 2.46. The molecule has 0 saturated heterocycles. The summed E-state index contributed by atoms with van der Waals surface area (Å²) < 4.78 is 4.77. The van der Waals surface area contributed by atoms with Gasteiger partial charge in [0.15, 0.2) is 0 Å². The maximum absolute atomic E-state index is 11.6. The monoisotopic (exact) mass is 265 g/mol. The van der Waals surface area contributed by atoms with Gasteiger partial charge in [0.05, 0.1) is 12.7 Å². The van der Waals surface area contributed by atoms with Crippen molar-refractivity contribution in [1.29, 1.82) is 0 Å². The number of ether oxygens (including phenoxy) is 1. The van der Waals surface area contributed by atoms with Crippen LogP contribution in [0.25, 0.3) is 22.2 Å². The molecule has 0 radical (unpaired) electrons. The van der Waals surface area contributed by atoms with Crippen LogP contribution in [0.15, 0.2) is 48.5 Å². The summed E-state index contributed by atoms with van der Waals surface area (Å²) in [4.78, 5) is 15.0. The molecule has 1 N–H and O–H groups in total. The molecule has 2 aromatic carbocycles. The lowest BCUT2D eigenvalue weighted by Crippen LogP contribution is -2.00. The Kier molecular flexibility index (Phi) is 3.03. The number of carbonyl (C=O) groups is 1. The number of nitrogens with one attached hydrogen (secondary N) is 1. The summed E-state index contributed by atoms with van der Waals surface area (Å²) in [5.41, 5.74) is 4.95. The Balaban J connectivity index is 2.18. The number of fused-ring (bicyclic) bond motifs is 1. The highest BCUT2D eigenvalue weighted by atomic mass is 16.5. The molecule has 0 fully saturated rings. The van der Waals surface area contributed by atoms with E-state index in [0.717, 1.165) is 27.7 Å². The van der Waals surface area contributed by atoms with Crippen molar-refractivity contribution in [2.45, 2.75) is 6.92 Å². The van der Waals surface area contributed by atoms with Crippen LogP contribution in [-0.2, 0) is 4.74 Å². The lowest BCUT2D eigenvalue weighted by atomic mass is 10.1. The number of aromatic nitrogens is 1. The van der Waals surface area contributed by atoms with Crippen molar-refractivity contribution in [3.05, 3.63) is 59.7 Å². The van der Waals surface area contributed by atoms with E-state index < -0.39 is 0 Å². The molecule has 3 rings (SSSR count). The third-order valence-electron chi connectivity index (χ3n) is 3.54. The van der Waals surface area contributed by atoms with Crippen LogP contribution in [0.3, 0.4) is 0 Å². The maximum atomic E-state index is 11.6. The molecule has 0 spiro atoms. The second-order valence-electron chi connectivity index (χ2n) is 4.74. The van der Waals surface area contributed by atoms with E-state index in [-0.39, 0.29) is 5.97 Å². The van der Waals surface area contributed by atoms with Gasteiger partial charge in [-0.25, -0.2) is 4.79 Å². The Bertz CT molecular complexity index is 772. The number of carbonyl (C=O) groups excluding carboxylic acids is 1. The third-order valence-corrected chi connectivity index (χ3v) is 3.54. The third kappa shape index (κ3) is 1.97. The molecule has 100 valence electrons. The Hall–Kier alpha value is -2.55. The highest BCUT2D eigenvalue weighted by Gasteiger charge is 2.12. The van der Waals surface area contributed by atoms with Crippen LogP contribution in [0.2, 0.25) is 0 Å². The van der Waals surface area contributed by atoms with Crippen LogP contribution in [0.4, 0.5) is 0 Å². The van der Waals surface area contributed by atoms with Gasteiger partial charge in [0.1, 0.15) is 0 Å². The zero-order chi connectivity index (χ0) is 14.1. The van der Waals surface area contributed by atoms with Crippen molar-refractivity contribution in [3.8, 4) is 11.3 Å². The van der Waals surface area contributed by atoms with E-state index in [1.807, 2.05) is 30.3 Å². The van der Waals surface area contributed by atoms with E-state index in [1.54, 1.807) is 6.07 Å². The summed E-state index contributed by atoms with van der Waals surface area (Å²) in [6.45, 7) is 2.06. The van der Waals surface area contributed by atoms with Crippen LogP contribution >= 0.6 is 0 Å². The normalized spacial score (nSPS) is 10.7. The molecule has 1 heterocycles. The largest absolute Gasteiger partial charge is 0.465 e. The molecule has 0 saturated carbocycles. The van der Waals surface area contributed by atoms with Crippen molar-refractivity contribution in [2.75, 3.05) is 7.11 Å². The number of benzene rings is 2. The average molecular weight is 265 g/mol. The zero-order valence-corrected chi connectivity index (χ0v) is 11.4. The number of methoxy groups -OCH3 is 1. The lowest BCUT2D eigenvalue weighted by molar-refractivity contribution is 0.0601. The van der Waals surface area contributed by atoms with E-state index in [2.05, 4.69) is 24.0 Å². The summed E-state index contributed by atoms with van der Waals surface area (Å²) in [5, 5.41) is 1.05. The second kappa shape index (κ2) is 4.85. The first-order chi connectivity index (χ1) is 9.70. The van der Waals surface area contributed by atoms with Gasteiger partial charge in [-0.1, -0.05) is 30.3 Å². The Morgan fingerprint density at radius 1 is 1.10 bits per heavy atom. The summed E-state index contributed by atoms with van der Waals surface area (Å²) in [6, 6.07) is 15.7. The fraction of sp³-hybridized carbons (Fsp3) is 0.118. The standard InChI is InChI=1S/C17H15NO2/c1-11-14-10-13(17(19)20-2)8-9-15(14)18-16(11)12-6-4-3-5-7-12/h3-10,18H,1-2H3. The molecular weight excluding hydrogens is 250 g/mol. The van der Waals surface area contributed by atoms with Gasteiger partial charge in [-0.15, -0.1) is 0 Å². The molecule has 3 heteroatoms. The molecule has 1 aromatic heterocycles. The predicted octanol–water partition coefficient (Wildman–Crippen LogP) is 3.93. The van der Waals surface area contributed by atoms with Crippen LogP contribution in [0, 0.1) is 6.92 Å². The first-order valence-corrected chi connectivity index (χ1v) is 6.47. The van der Waals surface area contributed by atoms with E-state index in [9.17, 15) is 4.79 Å². The molecule has 0 bridgehead atoms. The van der Waals surface area contributed by atoms with Gasteiger partial charge < -0.3 is 9.72 Å². The summed E-state index contributed by atoms with van der Waals surface area (Å²) in [7, 11) is 1.39. The van der Waals surface area contributed by atoms with Crippen LogP contribution < -0.4 is 0 Å². The molecule has 3 aromatic rings. The number of esters is 1. The minimum Gasteiger partial charge on any atom is -0.465 e. The average Bonchev–Trinajstić information content (AvgIpc) is 2.84. The molecule has 0 aliphatic rings. The predicted molar refractivity (Wildman–Crippen MR) is 79.8 cm³/mol. The van der Waals surface area contributed by atoms with Crippen LogP contribution in [0.1, 0.15) is 15.9 Å². The van der Waals surface area contributed by atoms with Crippen molar-refractivity contribution in [3.63, 3.8) is 0 Å². The fourth-order valence-electron chi connectivity index (χ4n) is 2.46. The summed E-state index contributed by atoms with van der Waals surface area (Å²) in [5.74, 6) is -0.311. The van der Waals surface area contributed by atoms with Gasteiger partial charge >= 0.3 is 5.97 Å². The number of rotatable bonds is 2. The maximum Gasteiger partial charge on any atom is 0.337 e. The Labute approximate surface area is 117 Å². The summed E-state index contributed by atoms with van der Waals surface area (Å²) in [6.07, 6.45) is 0. The van der Waals surface area contributed by atoms with Gasteiger partial charge in [-0.05, 0) is 36.2 Å². The number of H-pyrrole nitrogens is 1. The summed E-state index contributed by atoms with van der Waals surface area (Å²) >= 11 is 0. The molecule has 0 unspecified atom stereocenters. The molecule has 0 amide bonds. The van der Waals surface area contributed by atoms with Gasteiger partial charge in [0.2, 0.25) is 0 Å². The molecule has 0 aliphatic heterocycles. The van der Waals surface area contributed by atoms with Crippen LogP contribution in [0.5, 0.6) is 0 Å². The first kappa shape index (κ1) is 12.5. The second-order valence-corrected chi connectivity index (χ2v) is 4.74. The SMILES string of the molecule is COC(=O)c1ccc2[nH]c(-c3ccccc3)c(C)c2c1. The highest BCUT2D eigenvalue weighted by Crippen LogP contribution is 2.30. The lowest BCUT2D eigenvalue weighted by Gasteiger charge is -2.00. The Morgan fingerprint density at radius 2 is 1.85 bits per heavy atom. The molecule has 0 atom stereocenters. The topological polar surface area (TPSA) is 42.1 Å². The van der Waals surface area contributed by atoms with Gasteiger partial charge in [0, 0.05) is 16.6 Å². The Morgan fingerprint density at radius 3 is 2.55 bits per heavy atom. The highest BCUT2D eigenvalue weighted by molar-refractivity contribution is 5.98. The minimum atomic E-state index is -0.311. The van der Waals surface area contributed by atoms with E-state index in [4.69, 9.17) is 4.74 Å². The van der Waals surface area contributed by atoms with Crippen molar-refractivity contribution < 1.29 is 9.53 Å². The van der Waals surface area contributed by atoms with Gasteiger partial charge in [0.25, 0.3) is 0 Å².